The fourth-order valence-electron chi connectivity index (χ4n) is 3.10. The minimum atomic E-state index is -0.158. The highest BCUT2D eigenvalue weighted by atomic mass is 16.2. The molecule has 1 aromatic heterocycles. The zero-order chi connectivity index (χ0) is 18.8. The number of hydrogen-bond donors (Lipinski definition) is 0. The van der Waals surface area contributed by atoms with Crippen LogP contribution in [0.15, 0.2) is 54.2 Å². The van der Waals surface area contributed by atoms with E-state index in [1.165, 1.54) is 0 Å². The number of aliphatic imine (C=N–C) groups is 1. The summed E-state index contributed by atoms with van der Waals surface area (Å²) >= 11 is 0. The van der Waals surface area contributed by atoms with Crippen LogP contribution >= 0.6 is 0 Å². The predicted octanol–water partition coefficient (Wildman–Crippen LogP) is 3.31. The Balaban J connectivity index is 1.87. The Morgan fingerprint density at radius 2 is 1.96 bits per heavy atom. The third-order valence-corrected chi connectivity index (χ3v) is 4.62. The molecule has 6 nitrogen and oxygen atoms in total. The van der Waals surface area contributed by atoms with E-state index in [4.69, 9.17) is 0 Å². The quantitative estimate of drug-likeness (QED) is 0.628. The summed E-state index contributed by atoms with van der Waals surface area (Å²) in [5.41, 5.74) is 3.14. The standard InChI is InChI=1S/C20H23N5O/c1-6-14(3)21-15(4)18-22-23-19-16(5)24(11-12-25(18)19)20(26)17-9-7-13(2)8-10-17/h6-10,16H,1,3,11-12H2,2,4-5H3/t16-/m1/s1. The number of allylic oxidation sites excluding steroid dienone is 1. The van der Waals surface area contributed by atoms with Crippen molar-refractivity contribution in [2.45, 2.75) is 33.4 Å². The number of amides is 1. The van der Waals surface area contributed by atoms with E-state index >= 15 is 0 Å². The van der Waals surface area contributed by atoms with Gasteiger partial charge >= 0.3 is 0 Å². The van der Waals surface area contributed by atoms with Crippen LogP contribution in [0.5, 0.6) is 0 Å². The molecule has 1 atom stereocenters. The van der Waals surface area contributed by atoms with Gasteiger partial charge in [0.05, 0.1) is 17.5 Å². The second-order valence-electron chi connectivity index (χ2n) is 6.47. The average Bonchev–Trinajstić information content (AvgIpc) is 3.07. The van der Waals surface area contributed by atoms with E-state index in [2.05, 4.69) is 28.3 Å². The molecule has 0 radical (unpaired) electrons. The molecule has 3 rings (SSSR count). The van der Waals surface area contributed by atoms with Crippen molar-refractivity contribution in [3.8, 4) is 0 Å². The molecule has 0 spiro atoms. The number of hydrogen-bond acceptors (Lipinski definition) is 4. The minimum absolute atomic E-state index is 0.0127. The van der Waals surface area contributed by atoms with Gasteiger partial charge in [0, 0.05) is 18.7 Å². The summed E-state index contributed by atoms with van der Waals surface area (Å²) in [6.45, 7) is 14.6. The van der Waals surface area contributed by atoms with Crippen molar-refractivity contribution >= 4 is 11.6 Å². The summed E-state index contributed by atoms with van der Waals surface area (Å²) in [4.78, 5) is 19.1. The summed E-state index contributed by atoms with van der Waals surface area (Å²) in [7, 11) is 0. The van der Waals surface area contributed by atoms with E-state index in [1.807, 2.05) is 54.5 Å². The SMILES string of the molecule is C=CC(=C)N=C(C)c1nnc2n1CCN(C(=O)c1ccc(C)cc1)[C@@H]2C. The van der Waals surface area contributed by atoms with Gasteiger partial charge in [0.1, 0.15) is 0 Å². The topological polar surface area (TPSA) is 63.4 Å². The fraction of sp³-hybridized carbons (Fsp3) is 0.300. The Morgan fingerprint density at radius 3 is 2.62 bits per heavy atom. The van der Waals surface area contributed by atoms with Crippen molar-refractivity contribution in [2.75, 3.05) is 6.54 Å². The van der Waals surface area contributed by atoms with Gasteiger partial charge < -0.3 is 9.47 Å². The highest BCUT2D eigenvalue weighted by Gasteiger charge is 2.32. The number of nitrogens with zero attached hydrogens (tertiary/aromatic N) is 5. The first-order valence-corrected chi connectivity index (χ1v) is 8.60. The monoisotopic (exact) mass is 349 g/mol. The van der Waals surface area contributed by atoms with Crippen molar-refractivity contribution in [1.82, 2.24) is 19.7 Å². The molecule has 26 heavy (non-hydrogen) atoms. The molecule has 2 heterocycles. The van der Waals surface area contributed by atoms with Crippen LogP contribution in [-0.2, 0) is 6.54 Å². The van der Waals surface area contributed by atoms with Crippen molar-refractivity contribution in [2.24, 2.45) is 4.99 Å². The van der Waals surface area contributed by atoms with E-state index in [-0.39, 0.29) is 11.9 Å². The van der Waals surface area contributed by atoms with Crippen LogP contribution in [0.2, 0.25) is 0 Å². The molecular weight excluding hydrogens is 326 g/mol. The number of rotatable bonds is 4. The lowest BCUT2D eigenvalue weighted by molar-refractivity contribution is 0.0637. The van der Waals surface area contributed by atoms with E-state index in [1.54, 1.807) is 6.08 Å². The summed E-state index contributed by atoms with van der Waals surface area (Å²) in [6, 6.07) is 7.48. The van der Waals surface area contributed by atoms with Crippen LogP contribution < -0.4 is 0 Å². The van der Waals surface area contributed by atoms with Gasteiger partial charge in [-0.1, -0.05) is 30.9 Å². The number of carbonyl (C=O) groups is 1. The molecule has 134 valence electrons. The first-order valence-electron chi connectivity index (χ1n) is 8.60. The van der Waals surface area contributed by atoms with Crippen molar-refractivity contribution in [3.05, 3.63) is 72.0 Å². The maximum Gasteiger partial charge on any atom is 0.254 e. The normalized spacial score (nSPS) is 17.0. The molecular formula is C20H23N5O. The van der Waals surface area contributed by atoms with Crippen molar-refractivity contribution in [1.29, 1.82) is 0 Å². The third-order valence-electron chi connectivity index (χ3n) is 4.62. The molecule has 0 fully saturated rings. The molecule has 0 aliphatic carbocycles. The van der Waals surface area contributed by atoms with Gasteiger partial charge in [-0.15, -0.1) is 10.2 Å². The van der Waals surface area contributed by atoms with Gasteiger partial charge in [-0.25, -0.2) is 0 Å². The maximum absolute atomic E-state index is 12.9. The van der Waals surface area contributed by atoms with E-state index < -0.39 is 0 Å². The summed E-state index contributed by atoms with van der Waals surface area (Å²) in [5, 5.41) is 8.60. The average molecular weight is 349 g/mol. The number of benzene rings is 1. The second-order valence-corrected chi connectivity index (χ2v) is 6.47. The van der Waals surface area contributed by atoms with Crippen molar-refractivity contribution in [3.63, 3.8) is 0 Å². The Labute approximate surface area is 153 Å². The molecule has 2 aromatic rings. The van der Waals surface area contributed by atoms with Gasteiger partial charge in [0.2, 0.25) is 0 Å². The van der Waals surface area contributed by atoms with E-state index in [9.17, 15) is 4.79 Å². The highest BCUT2D eigenvalue weighted by Crippen LogP contribution is 2.26. The first-order chi connectivity index (χ1) is 12.4. The highest BCUT2D eigenvalue weighted by molar-refractivity contribution is 5.97. The van der Waals surface area contributed by atoms with Gasteiger partial charge in [-0.2, -0.15) is 0 Å². The van der Waals surface area contributed by atoms with E-state index in [0.29, 0.717) is 30.2 Å². The molecule has 0 saturated carbocycles. The zero-order valence-corrected chi connectivity index (χ0v) is 15.4. The first kappa shape index (κ1) is 17.8. The number of carbonyl (C=O) groups excluding carboxylic acids is 1. The molecule has 1 aromatic carbocycles. The molecule has 0 saturated heterocycles. The van der Waals surface area contributed by atoms with Gasteiger partial charge in [0.25, 0.3) is 5.91 Å². The lowest BCUT2D eigenvalue weighted by atomic mass is 10.1. The number of aryl methyl sites for hydroxylation is 1. The van der Waals surface area contributed by atoms with Gasteiger partial charge in [-0.3, -0.25) is 9.79 Å². The van der Waals surface area contributed by atoms with Crippen LogP contribution in [0.1, 0.15) is 47.5 Å². The number of fused-ring (bicyclic) bond motifs is 1. The van der Waals surface area contributed by atoms with Crippen LogP contribution in [0, 0.1) is 6.92 Å². The van der Waals surface area contributed by atoms with Crippen LogP contribution in [0.25, 0.3) is 0 Å². The van der Waals surface area contributed by atoms with Crippen LogP contribution in [0.3, 0.4) is 0 Å². The van der Waals surface area contributed by atoms with Gasteiger partial charge in [0.15, 0.2) is 11.6 Å². The molecule has 1 aliphatic rings. The molecule has 1 amide bonds. The lowest BCUT2D eigenvalue weighted by Gasteiger charge is -2.33. The molecule has 0 unspecified atom stereocenters. The van der Waals surface area contributed by atoms with Crippen molar-refractivity contribution < 1.29 is 4.79 Å². The lowest BCUT2D eigenvalue weighted by Crippen LogP contribution is -2.41. The van der Waals surface area contributed by atoms with Crippen LogP contribution in [0.4, 0.5) is 0 Å². The summed E-state index contributed by atoms with van der Waals surface area (Å²) in [6.07, 6.45) is 1.60. The maximum atomic E-state index is 12.9. The summed E-state index contributed by atoms with van der Waals surface area (Å²) in [5.74, 6) is 1.49. The minimum Gasteiger partial charge on any atom is -0.327 e. The largest absolute Gasteiger partial charge is 0.327 e. The third kappa shape index (κ3) is 3.22. The smallest absolute Gasteiger partial charge is 0.254 e. The van der Waals surface area contributed by atoms with E-state index in [0.717, 1.165) is 17.1 Å². The molecule has 1 aliphatic heterocycles. The zero-order valence-electron chi connectivity index (χ0n) is 15.4. The summed E-state index contributed by atoms with van der Waals surface area (Å²) < 4.78 is 2.03. The Morgan fingerprint density at radius 1 is 1.27 bits per heavy atom. The Kier molecular flexibility index (Phi) is 4.84. The van der Waals surface area contributed by atoms with Gasteiger partial charge in [-0.05, 0) is 39.0 Å². The predicted molar refractivity (Wildman–Crippen MR) is 102 cm³/mol. The Hall–Kier alpha value is -3.02. The second kappa shape index (κ2) is 7.07. The number of aromatic nitrogens is 3. The molecule has 0 N–H and O–H groups in total. The van der Waals surface area contributed by atoms with Crippen LogP contribution in [-0.4, -0.2) is 37.8 Å². The molecule has 6 heteroatoms. The fourth-order valence-corrected chi connectivity index (χ4v) is 3.10. The Bertz CT molecular complexity index is 891. The molecule has 0 bridgehead atoms.